The first-order chi connectivity index (χ1) is 10.6. The first-order valence-corrected chi connectivity index (χ1v) is 7.04. The number of fused-ring (bicyclic) bond motifs is 1. The lowest BCUT2D eigenvalue weighted by atomic mass is 10.00. The van der Waals surface area contributed by atoms with Gasteiger partial charge in [0.05, 0.1) is 0 Å². The number of halogens is 1. The SMILES string of the molecule is Cl.Nc1cccc2c1CCCN2C(=O)Cn1ccc(=O)[nH]c1=O. The second-order valence-electron chi connectivity index (χ2n) is 5.23. The summed E-state index contributed by atoms with van der Waals surface area (Å²) in [7, 11) is 0. The van der Waals surface area contributed by atoms with Crippen molar-refractivity contribution in [1.29, 1.82) is 0 Å². The van der Waals surface area contributed by atoms with Crippen LogP contribution in [0.4, 0.5) is 11.4 Å². The minimum atomic E-state index is -0.592. The predicted octanol–water partition coefficient (Wildman–Crippen LogP) is 0.520. The molecule has 0 radical (unpaired) electrons. The van der Waals surface area contributed by atoms with E-state index in [0.29, 0.717) is 12.2 Å². The molecule has 0 fully saturated rings. The highest BCUT2D eigenvalue weighted by Crippen LogP contribution is 2.31. The average Bonchev–Trinajstić information content (AvgIpc) is 2.50. The van der Waals surface area contributed by atoms with Crippen molar-refractivity contribution >= 4 is 29.7 Å². The summed E-state index contributed by atoms with van der Waals surface area (Å²) in [4.78, 5) is 39.0. The molecule has 0 bridgehead atoms. The van der Waals surface area contributed by atoms with Crippen LogP contribution in [0.25, 0.3) is 0 Å². The first kappa shape index (κ1) is 16.8. The van der Waals surface area contributed by atoms with Crippen molar-refractivity contribution in [3.05, 3.63) is 56.9 Å². The number of anilines is 2. The third-order valence-electron chi connectivity index (χ3n) is 3.79. The highest BCUT2D eigenvalue weighted by Gasteiger charge is 2.23. The molecule has 122 valence electrons. The van der Waals surface area contributed by atoms with Gasteiger partial charge >= 0.3 is 5.69 Å². The Hall–Kier alpha value is -2.54. The molecule has 0 saturated carbocycles. The zero-order valence-electron chi connectivity index (χ0n) is 12.3. The number of benzene rings is 1. The highest BCUT2D eigenvalue weighted by molar-refractivity contribution is 5.95. The summed E-state index contributed by atoms with van der Waals surface area (Å²) in [6.07, 6.45) is 2.99. The van der Waals surface area contributed by atoms with Crippen molar-refractivity contribution in [3.63, 3.8) is 0 Å². The number of hydrogen-bond acceptors (Lipinski definition) is 4. The maximum absolute atomic E-state index is 12.5. The zero-order valence-corrected chi connectivity index (χ0v) is 13.1. The predicted molar refractivity (Wildman–Crippen MR) is 90.1 cm³/mol. The number of hydrogen-bond donors (Lipinski definition) is 2. The minimum Gasteiger partial charge on any atom is -0.398 e. The molecule has 8 heteroatoms. The van der Waals surface area contributed by atoms with Gasteiger partial charge in [-0.25, -0.2) is 4.79 Å². The number of nitrogens with one attached hydrogen (secondary N) is 1. The number of carbonyl (C=O) groups is 1. The smallest absolute Gasteiger partial charge is 0.328 e. The number of nitrogens with two attached hydrogens (primary N) is 1. The summed E-state index contributed by atoms with van der Waals surface area (Å²) >= 11 is 0. The Morgan fingerprint density at radius 3 is 2.78 bits per heavy atom. The Labute approximate surface area is 138 Å². The van der Waals surface area contributed by atoms with E-state index in [0.717, 1.165) is 24.1 Å². The Morgan fingerprint density at radius 1 is 1.26 bits per heavy atom. The van der Waals surface area contributed by atoms with Gasteiger partial charge in [-0.1, -0.05) is 6.07 Å². The molecule has 23 heavy (non-hydrogen) atoms. The van der Waals surface area contributed by atoms with Gasteiger partial charge in [0, 0.05) is 30.2 Å². The third kappa shape index (κ3) is 3.29. The van der Waals surface area contributed by atoms with E-state index in [4.69, 9.17) is 5.73 Å². The maximum atomic E-state index is 12.5. The van der Waals surface area contributed by atoms with Gasteiger partial charge in [-0.3, -0.25) is 19.1 Å². The van der Waals surface area contributed by atoms with Crippen LogP contribution in [-0.4, -0.2) is 22.0 Å². The molecule has 2 heterocycles. The molecule has 0 atom stereocenters. The van der Waals surface area contributed by atoms with Crippen LogP contribution in [0, 0.1) is 0 Å². The molecule has 1 aliphatic rings. The Kier molecular flexibility index (Phi) is 4.90. The van der Waals surface area contributed by atoms with E-state index < -0.39 is 11.2 Å². The van der Waals surface area contributed by atoms with Crippen molar-refractivity contribution in [2.24, 2.45) is 0 Å². The van der Waals surface area contributed by atoms with Gasteiger partial charge < -0.3 is 10.6 Å². The fourth-order valence-electron chi connectivity index (χ4n) is 2.71. The molecule has 0 saturated heterocycles. The lowest BCUT2D eigenvalue weighted by molar-refractivity contribution is -0.119. The summed E-state index contributed by atoms with van der Waals surface area (Å²) in [6.45, 7) is 0.469. The summed E-state index contributed by atoms with van der Waals surface area (Å²) in [5, 5.41) is 0. The summed E-state index contributed by atoms with van der Waals surface area (Å²) in [5.74, 6) is -0.208. The standard InChI is InChI=1S/C15H16N4O3.ClH/c16-11-4-1-5-12-10(11)3-2-7-19(12)14(21)9-18-8-6-13(20)17-15(18)22;/h1,4-6,8H,2-3,7,9,16H2,(H,17,20,22);1H. The van der Waals surface area contributed by atoms with Crippen LogP contribution in [0.2, 0.25) is 0 Å². The number of aromatic amines is 1. The fourth-order valence-corrected chi connectivity index (χ4v) is 2.71. The summed E-state index contributed by atoms with van der Waals surface area (Å²) in [6, 6.07) is 6.71. The average molecular weight is 337 g/mol. The molecule has 0 spiro atoms. The van der Waals surface area contributed by atoms with Gasteiger partial charge in [0.2, 0.25) is 5.91 Å². The van der Waals surface area contributed by atoms with Gasteiger partial charge in [-0.2, -0.15) is 0 Å². The Morgan fingerprint density at radius 2 is 2.04 bits per heavy atom. The van der Waals surface area contributed by atoms with Crippen molar-refractivity contribution in [2.45, 2.75) is 19.4 Å². The number of carbonyl (C=O) groups excluding carboxylic acids is 1. The van der Waals surface area contributed by atoms with Crippen molar-refractivity contribution in [3.8, 4) is 0 Å². The number of aromatic nitrogens is 2. The lowest BCUT2D eigenvalue weighted by Gasteiger charge is -2.30. The summed E-state index contributed by atoms with van der Waals surface area (Å²) < 4.78 is 1.18. The van der Waals surface area contributed by atoms with E-state index in [1.165, 1.54) is 16.8 Å². The molecule has 1 aromatic carbocycles. The number of nitrogen functional groups attached to an aromatic ring is 1. The molecule has 3 rings (SSSR count). The highest BCUT2D eigenvalue weighted by atomic mass is 35.5. The van der Waals surface area contributed by atoms with Gasteiger partial charge in [-0.05, 0) is 30.5 Å². The molecule has 0 aliphatic carbocycles. The molecular weight excluding hydrogens is 320 g/mol. The lowest BCUT2D eigenvalue weighted by Crippen LogP contribution is -2.40. The quantitative estimate of drug-likeness (QED) is 0.781. The fraction of sp³-hybridized carbons (Fsp3) is 0.267. The second kappa shape index (κ2) is 6.70. The van der Waals surface area contributed by atoms with Crippen LogP contribution in [-0.2, 0) is 17.8 Å². The molecular formula is C15H17ClN4O3. The van der Waals surface area contributed by atoms with E-state index in [2.05, 4.69) is 4.98 Å². The molecule has 1 amide bonds. The zero-order chi connectivity index (χ0) is 15.7. The third-order valence-corrected chi connectivity index (χ3v) is 3.79. The topological polar surface area (TPSA) is 101 Å². The molecule has 0 unspecified atom stereocenters. The van der Waals surface area contributed by atoms with Crippen LogP contribution >= 0.6 is 12.4 Å². The van der Waals surface area contributed by atoms with Gasteiger partial charge in [-0.15, -0.1) is 12.4 Å². The van der Waals surface area contributed by atoms with E-state index in [-0.39, 0.29) is 24.9 Å². The molecule has 2 aromatic rings. The normalized spacial score (nSPS) is 13.1. The van der Waals surface area contributed by atoms with E-state index in [9.17, 15) is 14.4 Å². The number of amides is 1. The van der Waals surface area contributed by atoms with Gasteiger partial charge in [0.25, 0.3) is 5.56 Å². The Balaban J connectivity index is 0.00000192. The molecule has 1 aromatic heterocycles. The van der Waals surface area contributed by atoms with E-state index in [1.54, 1.807) is 4.90 Å². The number of H-pyrrole nitrogens is 1. The molecule has 1 aliphatic heterocycles. The van der Waals surface area contributed by atoms with Gasteiger partial charge in [0.1, 0.15) is 6.54 Å². The van der Waals surface area contributed by atoms with Gasteiger partial charge in [0.15, 0.2) is 0 Å². The van der Waals surface area contributed by atoms with Crippen LogP contribution in [0.3, 0.4) is 0 Å². The maximum Gasteiger partial charge on any atom is 0.328 e. The van der Waals surface area contributed by atoms with Crippen LogP contribution in [0.1, 0.15) is 12.0 Å². The van der Waals surface area contributed by atoms with Crippen molar-refractivity contribution in [2.75, 3.05) is 17.2 Å². The monoisotopic (exact) mass is 336 g/mol. The van der Waals surface area contributed by atoms with E-state index in [1.807, 2.05) is 18.2 Å². The van der Waals surface area contributed by atoms with Crippen LogP contribution in [0.15, 0.2) is 40.1 Å². The summed E-state index contributed by atoms with van der Waals surface area (Å²) in [5.41, 5.74) is 7.34. The van der Waals surface area contributed by atoms with Crippen molar-refractivity contribution < 1.29 is 4.79 Å². The van der Waals surface area contributed by atoms with Crippen LogP contribution < -0.4 is 21.9 Å². The molecule has 7 nitrogen and oxygen atoms in total. The number of nitrogens with zero attached hydrogens (tertiary/aromatic N) is 2. The minimum absolute atomic E-state index is 0. The molecule has 3 N–H and O–H groups in total. The Bertz CT molecular complexity index is 843. The van der Waals surface area contributed by atoms with E-state index >= 15 is 0 Å². The largest absolute Gasteiger partial charge is 0.398 e. The first-order valence-electron chi connectivity index (χ1n) is 7.04. The van der Waals surface area contributed by atoms with Crippen molar-refractivity contribution in [1.82, 2.24) is 9.55 Å². The number of rotatable bonds is 2. The second-order valence-corrected chi connectivity index (χ2v) is 5.23. The van der Waals surface area contributed by atoms with Crippen LogP contribution in [0.5, 0.6) is 0 Å².